The van der Waals surface area contributed by atoms with Crippen molar-refractivity contribution in [1.29, 1.82) is 0 Å². The highest BCUT2D eigenvalue weighted by Gasteiger charge is 2.24. The summed E-state index contributed by atoms with van der Waals surface area (Å²) >= 11 is 6.25. The Morgan fingerprint density at radius 1 is 1.38 bits per heavy atom. The Kier molecular flexibility index (Phi) is 4.46. The van der Waals surface area contributed by atoms with E-state index < -0.39 is 0 Å². The quantitative estimate of drug-likeness (QED) is 0.711. The lowest BCUT2D eigenvalue weighted by atomic mass is 10.1. The molecule has 13 heavy (non-hydrogen) atoms. The molecule has 4 heteroatoms. The molecule has 0 aromatic heterocycles. The van der Waals surface area contributed by atoms with Crippen molar-refractivity contribution in [2.45, 2.75) is 19.1 Å². The van der Waals surface area contributed by atoms with E-state index in [9.17, 15) is 4.79 Å². The Hall–Kier alpha value is 0.170. The molecule has 0 saturated carbocycles. The lowest BCUT2D eigenvalue weighted by Gasteiger charge is -2.29. The van der Waals surface area contributed by atoms with E-state index in [1.807, 2.05) is 30.5 Å². The Morgan fingerprint density at radius 3 is 2.38 bits per heavy atom. The van der Waals surface area contributed by atoms with Gasteiger partial charge in [-0.15, -0.1) is 0 Å². The van der Waals surface area contributed by atoms with Crippen molar-refractivity contribution in [3.8, 4) is 0 Å². The first-order valence-electron chi connectivity index (χ1n) is 4.67. The van der Waals surface area contributed by atoms with Crippen molar-refractivity contribution in [2.24, 2.45) is 5.92 Å². The molecule has 0 bridgehead atoms. The van der Waals surface area contributed by atoms with Gasteiger partial charge in [0.05, 0.1) is 5.25 Å². The fourth-order valence-electron chi connectivity index (χ4n) is 1.26. The number of hydrogen-bond acceptors (Lipinski definition) is 3. The van der Waals surface area contributed by atoms with Gasteiger partial charge in [0.1, 0.15) is 0 Å². The molecule has 1 amide bonds. The summed E-state index contributed by atoms with van der Waals surface area (Å²) < 4.78 is 0. The van der Waals surface area contributed by atoms with Crippen LogP contribution in [0.3, 0.4) is 0 Å². The van der Waals surface area contributed by atoms with Gasteiger partial charge in [-0.25, -0.2) is 0 Å². The van der Waals surface area contributed by atoms with E-state index in [1.54, 1.807) is 0 Å². The van der Waals surface area contributed by atoms with Gasteiger partial charge < -0.3 is 4.90 Å². The molecule has 1 saturated heterocycles. The largest absolute Gasteiger partial charge is 0.340 e. The second kappa shape index (κ2) is 5.15. The van der Waals surface area contributed by atoms with Crippen LogP contribution in [-0.4, -0.2) is 40.7 Å². The Morgan fingerprint density at radius 2 is 1.92 bits per heavy atom. The van der Waals surface area contributed by atoms with Crippen LogP contribution in [0.2, 0.25) is 0 Å². The maximum atomic E-state index is 11.8. The summed E-state index contributed by atoms with van der Waals surface area (Å²) in [6.45, 7) is 5.86. The summed E-state index contributed by atoms with van der Waals surface area (Å²) in [7, 11) is 0. The van der Waals surface area contributed by atoms with E-state index in [-0.39, 0.29) is 11.2 Å². The number of carbonyl (C=O) groups is 1. The molecule has 1 atom stereocenters. The first-order chi connectivity index (χ1) is 6.13. The average molecular weight is 219 g/mol. The smallest absolute Gasteiger partial charge is 0.235 e. The highest BCUT2D eigenvalue weighted by Crippen LogP contribution is 2.16. The molecule has 0 radical (unpaired) electrons. The van der Waals surface area contributed by atoms with Gasteiger partial charge in [-0.2, -0.15) is 24.4 Å². The molecule has 0 aliphatic carbocycles. The van der Waals surface area contributed by atoms with Crippen molar-refractivity contribution >= 4 is 30.3 Å². The van der Waals surface area contributed by atoms with Gasteiger partial charge in [0.2, 0.25) is 5.91 Å². The minimum atomic E-state index is -0.122. The Labute approximate surface area is 89.9 Å². The fourth-order valence-corrected chi connectivity index (χ4v) is 2.32. The number of nitrogens with zero attached hydrogens (tertiary/aromatic N) is 1. The first kappa shape index (κ1) is 11.2. The average Bonchev–Trinajstić information content (AvgIpc) is 2.17. The highest BCUT2D eigenvalue weighted by atomic mass is 32.2. The molecule has 0 spiro atoms. The summed E-state index contributed by atoms with van der Waals surface area (Å²) in [5.74, 6) is 2.68. The molecule has 0 aromatic carbocycles. The van der Waals surface area contributed by atoms with Crippen LogP contribution in [0.1, 0.15) is 13.8 Å². The van der Waals surface area contributed by atoms with Gasteiger partial charge in [-0.3, -0.25) is 4.79 Å². The zero-order valence-electron chi connectivity index (χ0n) is 8.19. The normalized spacial score (nSPS) is 20.5. The van der Waals surface area contributed by atoms with Crippen molar-refractivity contribution in [3.63, 3.8) is 0 Å². The minimum absolute atomic E-state index is 0.122. The van der Waals surface area contributed by atoms with Crippen LogP contribution in [0.15, 0.2) is 0 Å². The van der Waals surface area contributed by atoms with E-state index in [4.69, 9.17) is 0 Å². The number of thioether (sulfide) groups is 1. The molecule has 0 aromatic rings. The van der Waals surface area contributed by atoms with Gasteiger partial charge in [-0.05, 0) is 5.92 Å². The van der Waals surface area contributed by atoms with Crippen LogP contribution in [0, 0.1) is 5.92 Å². The monoisotopic (exact) mass is 219 g/mol. The van der Waals surface area contributed by atoms with Gasteiger partial charge >= 0.3 is 0 Å². The third-order valence-electron chi connectivity index (χ3n) is 2.21. The molecule has 1 aliphatic heterocycles. The van der Waals surface area contributed by atoms with E-state index in [1.165, 1.54) is 0 Å². The summed E-state index contributed by atoms with van der Waals surface area (Å²) in [6.07, 6.45) is 0. The van der Waals surface area contributed by atoms with Crippen molar-refractivity contribution in [2.75, 3.05) is 24.6 Å². The Bertz CT molecular complexity index is 178. The van der Waals surface area contributed by atoms with E-state index in [0.717, 1.165) is 24.6 Å². The topological polar surface area (TPSA) is 20.3 Å². The van der Waals surface area contributed by atoms with Crippen LogP contribution >= 0.6 is 24.4 Å². The molecule has 1 unspecified atom stereocenters. The van der Waals surface area contributed by atoms with Crippen LogP contribution in [0.25, 0.3) is 0 Å². The molecule has 1 rings (SSSR count). The van der Waals surface area contributed by atoms with E-state index in [2.05, 4.69) is 12.6 Å². The predicted octanol–water partition coefficient (Wildman–Crippen LogP) is 1.52. The third kappa shape index (κ3) is 3.09. The maximum Gasteiger partial charge on any atom is 0.235 e. The van der Waals surface area contributed by atoms with Gasteiger partial charge in [-0.1, -0.05) is 13.8 Å². The second-order valence-electron chi connectivity index (χ2n) is 3.63. The summed E-state index contributed by atoms with van der Waals surface area (Å²) in [5.41, 5.74) is 0. The zero-order chi connectivity index (χ0) is 9.84. The maximum absolute atomic E-state index is 11.8. The lowest BCUT2D eigenvalue weighted by Crippen LogP contribution is -2.43. The van der Waals surface area contributed by atoms with E-state index in [0.29, 0.717) is 5.92 Å². The molecular weight excluding hydrogens is 202 g/mol. The molecule has 76 valence electrons. The molecule has 1 fully saturated rings. The van der Waals surface area contributed by atoms with Crippen molar-refractivity contribution < 1.29 is 4.79 Å². The van der Waals surface area contributed by atoms with Crippen molar-refractivity contribution in [3.05, 3.63) is 0 Å². The standard InChI is InChI=1S/C9H17NOS2/c1-7(2)8(12)9(11)10-3-5-13-6-4-10/h7-8,12H,3-6H2,1-2H3. The number of carbonyl (C=O) groups excluding carboxylic acids is 1. The second-order valence-corrected chi connectivity index (χ2v) is 5.41. The zero-order valence-corrected chi connectivity index (χ0v) is 9.90. The lowest BCUT2D eigenvalue weighted by molar-refractivity contribution is -0.130. The number of hydrogen-bond donors (Lipinski definition) is 1. The number of thiol groups is 1. The minimum Gasteiger partial charge on any atom is -0.340 e. The van der Waals surface area contributed by atoms with Crippen LogP contribution in [-0.2, 0) is 4.79 Å². The fraction of sp³-hybridized carbons (Fsp3) is 0.889. The third-order valence-corrected chi connectivity index (χ3v) is 3.97. The SMILES string of the molecule is CC(C)C(S)C(=O)N1CCSCC1. The predicted molar refractivity (Wildman–Crippen MR) is 61.5 cm³/mol. The molecule has 1 heterocycles. The summed E-state index contributed by atoms with van der Waals surface area (Å²) in [4.78, 5) is 13.7. The first-order valence-corrected chi connectivity index (χ1v) is 6.34. The Balaban J connectivity index is 2.45. The van der Waals surface area contributed by atoms with Gasteiger partial charge in [0.25, 0.3) is 0 Å². The number of amides is 1. The van der Waals surface area contributed by atoms with Crippen LogP contribution < -0.4 is 0 Å². The van der Waals surface area contributed by atoms with Crippen molar-refractivity contribution in [1.82, 2.24) is 4.90 Å². The summed E-state index contributed by atoms with van der Waals surface area (Å²) in [5, 5.41) is -0.122. The molecule has 1 aliphatic rings. The van der Waals surface area contributed by atoms with Crippen LogP contribution in [0.4, 0.5) is 0 Å². The molecular formula is C9H17NOS2. The number of rotatable bonds is 2. The van der Waals surface area contributed by atoms with Crippen LogP contribution in [0.5, 0.6) is 0 Å². The van der Waals surface area contributed by atoms with Gasteiger partial charge in [0, 0.05) is 24.6 Å². The molecule has 0 N–H and O–H groups in total. The molecule has 2 nitrogen and oxygen atoms in total. The van der Waals surface area contributed by atoms with Gasteiger partial charge in [0.15, 0.2) is 0 Å². The summed E-state index contributed by atoms with van der Waals surface area (Å²) in [6, 6.07) is 0. The van der Waals surface area contributed by atoms with E-state index >= 15 is 0 Å². The highest BCUT2D eigenvalue weighted by molar-refractivity contribution is 7.99.